The normalized spacial score (nSPS) is 15.4. The third-order valence-corrected chi connectivity index (χ3v) is 5.71. The van der Waals surface area contributed by atoms with Gasteiger partial charge in [-0.05, 0) is 31.4 Å². The molecule has 1 aliphatic heterocycles. The molecule has 0 bridgehead atoms. The van der Waals surface area contributed by atoms with Crippen molar-refractivity contribution in [2.75, 3.05) is 33.2 Å². The van der Waals surface area contributed by atoms with Crippen LogP contribution in [0.4, 0.5) is 0 Å². The fraction of sp³-hybridized carbons (Fsp3) is 0.524. The van der Waals surface area contributed by atoms with Gasteiger partial charge in [0.25, 0.3) is 0 Å². The SMILES string of the molecule is CCNC(=NCC(O)CN1CCc2ccccc2C1)N(C)Cc1csc(C)n1.I. The maximum Gasteiger partial charge on any atom is 0.194 e. The minimum Gasteiger partial charge on any atom is -0.390 e. The summed E-state index contributed by atoms with van der Waals surface area (Å²) in [6.07, 6.45) is 0.568. The number of guanidine groups is 1. The molecule has 0 amide bonds. The van der Waals surface area contributed by atoms with E-state index < -0.39 is 6.10 Å². The molecule has 1 aromatic heterocycles. The molecule has 29 heavy (non-hydrogen) atoms. The topological polar surface area (TPSA) is 64.0 Å². The summed E-state index contributed by atoms with van der Waals surface area (Å²) >= 11 is 1.66. The summed E-state index contributed by atoms with van der Waals surface area (Å²) in [5, 5.41) is 17.0. The van der Waals surface area contributed by atoms with Crippen LogP contribution in [0.25, 0.3) is 0 Å². The van der Waals surface area contributed by atoms with Gasteiger partial charge in [0.15, 0.2) is 5.96 Å². The van der Waals surface area contributed by atoms with Crippen LogP contribution in [0.15, 0.2) is 34.6 Å². The van der Waals surface area contributed by atoms with E-state index in [0.29, 0.717) is 19.6 Å². The van der Waals surface area contributed by atoms with Crippen molar-refractivity contribution in [3.63, 3.8) is 0 Å². The molecular formula is C21H32IN5OS. The number of thiazole rings is 1. The van der Waals surface area contributed by atoms with Crippen LogP contribution < -0.4 is 5.32 Å². The van der Waals surface area contributed by atoms with Crippen LogP contribution in [-0.2, 0) is 19.5 Å². The first kappa shape index (κ1) is 24.0. The van der Waals surface area contributed by atoms with Gasteiger partial charge < -0.3 is 15.3 Å². The summed E-state index contributed by atoms with van der Waals surface area (Å²) in [5.41, 5.74) is 3.85. The van der Waals surface area contributed by atoms with Gasteiger partial charge in [-0.15, -0.1) is 35.3 Å². The molecule has 0 spiro atoms. The van der Waals surface area contributed by atoms with Gasteiger partial charge in [-0.2, -0.15) is 0 Å². The van der Waals surface area contributed by atoms with Crippen LogP contribution in [0, 0.1) is 6.92 Å². The summed E-state index contributed by atoms with van der Waals surface area (Å²) in [4.78, 5) is 13.6. The molecule has 8 heteroatoms. The molecule has 3 rings (SSSR count). The monoisotopic (exact) mass is 529 g/mol. The number of nitrogens with zero attached hydrogens (tertiary/aromatic N) is 4. The van der Waals surface area contributed by atoms with Crippen LogP contribution in [0.5, 0.6) is 0 Å². The van der Waals surface area contributed by atoms with E-state index in [9.17, 15) is 5.11 Å². The van der Waals surface area contributed by atoms with E-state index in [4.69, 9.17) is 0 Å². The van der Waals surface area contributed by atoms with Crippen molar-refractivity contribution < 1.29 is 5.11 Å². The zero-order valence-corrected chi connectivity index (χ0v) is 20.6. The number of hydrogen-bond acceptors (Lipinski definition) is 5. The van der Waals surface area contributed by atoms with Gasteiger partial charge in [0.2, 0.25) is 0 Å². The lowest BCUT2D eigenvalue weighted by Crippen LogP contribution is -2.41. The van der Waals surface area contributed by atoms with E-state index in [2.05, 4.69) is 61.7 Å². The van der Waals surface area contributed by atoms with E-state index in [1.165, 1.54) is 11.1 Å². The highest BCUT2D eigenvalue weighted by molar-refractivity contribution is 14.0. The summed E-state index contributed by atoms with van der Waals surface area (Å²) in [6.45, 7) is 8.49. The zero-order chi connectivity index (χ0) is 19.9. The fourth-order valence-corrected chi connectivity index (χ4v) is 4.13. The first-order valence-corrected chi connectivity index (χ1v) is 10.8. The zero-order valence-electron chi connectivity index (χ0n) is 17.5. The van der Waals surface area contributed by atoms with E-state index in [1.54, 1.807) is 11.3 Å². The molecular weight excluding hydrogens is 497 g/mol. The third-order valence-electron chi connectivity index (χ3n) is 4.89. The first-order valence-electron chi connectivity index (χ1n) is 9.92. The summed E-state index contributed by atoms with van der Waals surface area (Å²) < 4.78 is 0. The number of halogens is 1. The Morgan fingerprint density at radius 3 is 2.83 bits per heavy atom. The Morgan fingerprint density at radius 2 is 2.14 bits per heavy atom. The Labute approximate surface area is 195 Å². The van der Waals surface area contributed by atoms with Crippen molar-refractivity contribution in [3.8, 4) is 0 Å². The number of fused-ring (bicyclic) bond motifs is 1. The Kier molecular flexibility index (Phi) is 9.81. The van der Waals surface area contributed by atoms with Crippen molar-refractivity contribution >= 4 is 41.3 Å². The highest BCUT2D eigenvalue weighted by atomic mass is 127. The number of rotatable bonds is 7. The number of aliphatic imine (C=N–C) groups is 1. The molecule has 2 heterocycles. The number of hydrogen-bond donors (Lipinski definition) is 2. The van der Waals surface area contributed by atoms with Crippen LogP contribution in [0.2, 0.25) is 0 Å². The van der Waals surface area contributed by atoms with Crippen LogP contribution in [0.1, 0.15) is 28.8 Å². The van der Waals surface area contributed by atoms with Gasteiger partial charge in [-0.3, -0.25) is 9.89 Å². The third kappa shape index (κ3) is 7.20. The molecule has 0 radical (unpaired) electrons. The van der Waals surface area contributed by atoms with Crippen molar-refractivity contribution in [1.82, 2.24) is 20.1 Å². The van der Waals surface area contributed by atoms with Crippen LogP contribution in [-0.4, -0.2) is 65.2 Å². The molecule has 2 N–H and O–H groups in total. The number of aliphatic hydroxyl groups excluding tert-OH is 1. The van der Waals surface area contributed by atoms with Gasteiger partial charge in [-0.25, -0.2) is 4.98 Å². The molecule has 1 aromatic carbocycles. The molecule has 0 aliphatic carbocycles. The quantitative estimate of drug-likeness (QED) is 0.328. The van der Waals surface area contributed by atoms with Gasteiger partial charge in [0.05, 0.1) is 29.9 Å². The second kappa shape index (κ2) is 11.8. The standard InChI is InChI=1S/C21H31N5OS.HI/c1-4-22-21(25(3)13-19-15-28-16(2)24-19)23-11-20(27)14-26-10-9-17-7-5-6-8-18(17)12-26;/h5-8,15,20,27H,4,9-14H2,1-3H3,(H,22,23);1H. The second-order valence-electron chi connectivity index (χ2n) is 7.32. The lowest BCUT2D eigenvalue weighted by atomic mass is 10.00. The molecule has 0 fully saturated rings. The maximum absolute atomic E-state index is 10.5. The molecule has 2 aromatic rings. The average molecular weight is 529 g/mol. The summed E-state index contributed by atoms with van der Waals surface area (Å²) in [5.74, 6) is 0.802. The van der Waals surface area contributed by atoms with E-state index in [0.717, 1.165) is 42.7 Å². The van der Waals surface area contributed by atoms with E-state index in [1.807, 2.05) is 14.0 Å². The Hall–Kier alpha value is -1.23. The highest BCUT2D eigenvalue weighted by Crippen LogP contribution is 2.18. The number of β-amino-alcohol motifs (C(OH)–C–C–N with tert-alkyl or cyclic N) is 1. The summed E-state index contributed by atoms with van der Waals surface area (Å²) in [6, 6.07) is 8.58. The van der Waals surface area contributed by atoms with Gasteiger partial charge >= 0.3 is 0 Å². The predicted molar refractivity (Wildman–Crippen MR) is 131 cm³/mol. The Bertz CT molecular complexity index is 797. The van der Waals surface area contributed by atoms with Crippen molar-refractivity contribution in [1.29, 1.82) is 0 Å². The fourth-order valence-electron chi connectivity index (χ4n) is 3.53. The molecule has 6 nitrogen and oxygen atoms in total. The molecule has 1 unspecified atom stereocenters. The second-order valence-corrected chi connectivity index (χ2v) is 8.38. The smallest absolute Gasteiger partial charge is 0.194 e. The van der Waals surface area contributed by atoms with Crippen LogP contribution >= 0.6 is 35.3 Å². The molecule has 1 atom stereocenters. The number of benzene rings is 1. The van der Waals surface area contributed by atoms with Gasteiger partial charge in [-0.1, -0.05) is 24.3 Å². The number of nitrogens with one attached hydrogen (secondary N) is 1. The lowest BCUT2D eigenvalue weighted by Gasteiger charge is -2.30. The molecule has 0 saturated heterocycles. The van der Waals surface area contributed by atoms with Crippen molar-refractivity contribution in [2.24, 2.45) is 4.99 Å². The highest BCUT2D eigenvalue weighted by Gasteiger charge is 2.18. The number of aromatic nitrogens is 1. The average Bonchev–Trinajstić information content (AvgIpc) is 3.09. The van der Waals surface area contributed by atoms with Crippen molar-refractivity contribution in [2.45, 2.75) is 39.5 Å². The van der Waals surface area contributed by atoms with Gasteiger partial charge in [0, 0.05) is 38.6 Å². The van der Waals surface area contributed by atoms with Crippen molar-refractivity contribution in [3.05, 3.63) is 51.5 Å². The number of aryl methyl sites for hydroxylation is 1. The molecule has 1 aliphatic rings. The van der Waals surface area contributed by atoms with E-state index in [-0.39, 0.29) is 24.0 Å². The Balaban J connectivity index is 0.00000300. The van der Waals surface area contributed by atoms with Gasteiger partial charge in [0.1, 0.15) is 0 Å². The van der Waals surface area contributed by atoms with Crippen LogP contribution in [0.3, 0.4) is 0 Å². The Morgan fingerprint density at radius 1 is 1.38 bits per heavy atom. The van der Waals surface area contributed by atoms with E-state index >= 15 is 0 Å². The minimum atomic E-state index is -0.478. The first-order chi connectivity index (χ1) is 13.5. The summed E-state index contributed by atoms with van der Waals surface area (Å²) in [7, 11) is 2.00. The number of aliphatic hydroxyl groups is 1. The minimum absolute atomic E-state index is 0. The molecule has 160 valence electrons. The molecule has 0 saturated carbocycles. The predicted octanol–water partition coefficient (Wildman–Crippen LogP) is 2.89. The largest absolute Gasteiger partial charge is 0.390 e. The maximum atomic E-state index is 10.5. The lowest BCUT2D eigenvalue weighted by molar-refractivity contribution is 0.111.